The number of ether oxygens (including phenoxy) is 1. The van der Waals surface area contributed by atoms with Crippen molar-refractivity contribution in [2.45, 2.75) is 13.0 Å². The average molecular weight is 351 g/mol. The van der Waals surface area contributed by atoms with E-state index >= 15 is 0 Å². The average Bonchev–Trinajstić information content (AvgIpc) is 2.51. The van der Waals surface area contributed by atoms with Crippen molar-refractivity contribution in [3.05, 3.63) is 52.0 Å². The van der Waals surface area contributed by atoms with Crippen molar-refractivity contribution < 1.29 is 14.3 Å². The normalized spacial score (nSPS) is 16.1. The Hall–Kier alpha value is -2.24. The Morgan fingerprint density at radius 2 is 2.00 bits per heavy atom. The third-order valence-corrected chi connectivity index (χ3v) is 3.91. The van der Waals surface area contributed by atoms with Gasteiger partial charge in [-0.25, -0.2) is 0 Å². The zero-order valence-corrected chi connectivity index (χ0v) is 13.5. The first kappa shape index (κ1) is 15.6. The molecule has 1 heterocycles. The summed E-state index contributed by atoms with van der Waals surface area (Å²) in [5.74, 6) is -0.0800. The fourth-order valence-corrected chi connectivity index (χ4v) is 2.53. The topological polar surface area (TPSA) is 67.4 Å². The third-order valence-electron chi connectivity index (χ3n) is 3.34. The smallest absolute Gasteiger partial charge is 0.265 e. The van der Waals surface area contributed by atoms with Gasteiger partial charge in [0.25, 0.3) is 11.8 Å². The largest absolute Gasteiger partial charge is 0.479 e. The van der Waals surface area contributed by atoms with Crippen LogP contribution in [-0.2, 0) is 4.79 Å². The summed E-state index contributed by atoms with van der Waals surface area (Å²) >= 11 is 11.9. The van der Waals surface area contributed by atoms with Crippen molar-refractivity contribution in [2.24, 2.45) is 0 Å². The molecular weight excluding hydrogens is 339 g/mol. The fraction of sp³-hybridized carbons (Fsp3) is 0.125. The van der Waals surface area contributed by atoms with Gasteiger partial charge in [0.15, 0.2) is 6.10 Å². The SMILES string of the molecule is CC1Oc2ccc(NC(=O)c3cc(Cl)ccc3Cl)cc2NC1=O. The van der Waals surface area contributed by atoms with Crippen molar-refractivity contribution in [1.82, 2.24) is 0 Å². The number of anilines is 2. The number of hydrogen-bond acceptors (Lipinski definition) is 3. The highest BCUT2D eigenvalue weighted by molar-refractivity contribution is 6.36. The second-order valence-electron chi connectivity index (χ2n) is 5.04. The van der Waals surface area contributed by atoms with Crippen LogP contribution in [-0.4, -0.2) is 17.9 Å². The molecule has 0 saturated carbocycles. The van der Waals surface area contributed by atoms with Crippen LogP contribution in [0.4, 0.5) is 11.4 Å². The second-order valence-corrected chi connectivity index (χ2v) is 5.88. The molecule has 2 N–H and O–H groups in total. The van der Waals surface area contributed by atoms with Gasteiger partial charge in [-0.05, 0) is 43.3 Å². The number of benzene rings is 2. The molecule has 0 saturated heterocycles. The Labute approximate surface area is 142 Å². The zero-order valence-electron chi connectivity index (χ0n) is 12.0. The molecule has 1 aliphatic heterocycles. The minimum absolute atomic E-state index is 0.237. The zero-order chi connectivity index (χ0) is 16.6. The van der Waals surface area contributed by atoms with Crippen LogP contribution in [0.5, 0.6) is 5.75 Å². The van der Waals surface area contributed by atoms with Crippen LogP contribution in [0, 0.1) is 0 Å². The number of halogens is 2. The van der Waals surface area contributed by atoms with Crippen LogP contribution in [0.3, 0.4) is 0 Å². The maximum Gasteiger partial charge on any atom is 0.265 e. The van der Waals surface area contributed by atoms with Crippen LogP contribution < -0.4 is 15.4 Å². The Balaban J connectivity index is 1.84. The highest BCUT2D eigenvalue weighted by Crippen LogP contribution is 2.32. The van der Waals surface area contributed by atoms with Gasteiger partial charge in [0.1, 0.15) is 5.75 Å². The number of carbonyl (C=O) groups excluding carboxylic acids is 2. The van der Waals surface area contributed by atoms with Crippen LogP contribution in [0.1, 0.15) is 17.3 Å². The van der Waals surface area contributed by atoms with E-state index in [0.29, 0.717) is 27.2 Å². The monoisotopic (exact) mass is 350 g/mol. The standard InChI is InChI=1S/C16H12Cl2N2O3/c1-8-15(21)20-13-7-10(3-5-14(13)23-8)19-16(22)11-6-9(17)2-4-12(11)18/h2-8H,1H3,(H,19,22)(H,20,21). The molecule has 118 valence electrons. The van der Waals surface area contributed by atoms with Gasteiger partial charge in [-0.1, -0.05) is 23.2 Å². The van der Waals surface area contributed by atoms with Gasteiger partial charge in [-0.15, -0.1) is 0 Å². The molecule has 0 aromatic heterocycles. The Morgan fingerprint density at radius 3 is 2.78 bits per heavy atom. The summed E-state index contributed by atoms with van der Waals surface area (Å²) in [5, 5.41) is 6.15. The van der Waals surface area contributed by atoms with E-state index in [1.807, 2.05) is 0 Å². The molecule has 1 unspecified atom stereocenters. The summed E-state index contributed by atoms with van der Waals surface area (Å²) in [5.41, 5.74) is 1.28. The summed E-state index contributed by atoms with van der Waals surface area (Å²) in [7, 11) is 0. The first-order valence-electron chi connectivity index (χ1n) is 6.82. The summed E-state index contributed by atoms with van der Waals surface area (Å²) in [6.07, 6.45) is -0.548. The number of fused-ring (bicyclic) bond motifs is 1. The Morgan fingerprint density at radius 1 is 1.22 bits per heavy atom. The number of amides is 2. The van der Waals surface area contributed by atoms with Gasteiger partial charge in [-0.3, -0.25) is 9.59 Å². The lowest BCUT2D eigenvalue weighted by molar-refractivity contribution is -0.122. The number of hydrogen-bond donors (Lipinski definition) is 2. The molecule has 1 aliphatic rings. The number of carbonyl (C=O) groups is 2. The lowest BCUT2D eigenvalue weighted by atomic mass is 10.2. The van der Waals surface area contributed by atoms with Gasteiger partial charge in [0, 0.05) is 10.7 Å². The van der Waals surface area contributed by atoms with E-state index in [9.17, 15) is 9.59 Å². The van der Waals surface area contributed by atoms with Gasteiger partial charge in [-0.2, -0.15) is 0 Å². The van der Waals surface area contributed by atoms with E-state index in [1.165, 1.54) is 6.07 Å². The lowest BCUT2D eigenvalue weighted by Gasteiger charge is -2.23. The molecule has 0 aliphatic carbocycles. The van der Waals surface area contributed by atoms with Gasteiger partial charge >= 0.3 is 0 Å². The maximum absolute atomic E-state index is 12.3. The molecule has 2 aromatic rings. The predicted molar refractivity (Wildman–Crippen MR) is 89.6 cm³/mol. The molecule has 2 amide bonds. The fourth-order valence-electron chi connectivity index (χ4n) is 2.16. The van der Waals surface area contributed by atoms with Crippen LogP contribution in [0.2, 0.25) is 10.0 Å². The van der Waals surface area contributed by atoms with E-state index in [1.54, 1.807) is 37.3 Å². The van der Waals surface area contributed by atoms with E-state index in [2.05, 4.69) is 10.6 Å². The van der Waals surface area contributed by atoms with Crippen molar-refractivity contribution in [3.63, 3.8) is 0 Å². The highest BCUT2D eigenvalue weighted by Gasteiger charge is 2.23. The Kier molecular flexibility index (Phi) is 4.15. The summed E-state index contributed by atoms with van der Waals surface area (Å²) in [6.45, 7) is 1.66. The molecule has 7 heteroatoms. The van der Waals surface area contributed by atoms with Crippen molar-refractivity contribution in [3.8, 4) is 5.75 Å². The van der Waals surface area contributed by atoms with E-state index in [0.717, 1.165) is 0 Å². The highest BCUT2D eigenvalue weighted by atomic mass is 35.5. The molecule has 0 radical (unpaired) electrons. The quantitative estimate of drug-likeness (QED) is 0.861. The molecule has 1 atom stereocenters. The van der Waals surface area contributed by atoms with Gasteiger partial charge < -0.3 is 15.4 Å². The van der Waals surface area contributed by atoms with Crippen LogP contribution >= 0.6 is 23.2 Å². The van der Waals surface area contributed by atoms with Gasteiger partial charge in [0.2, 0.25) is 0 Å². The van der Waals surface area contributed by atoms with Crippen molar-refractivity contribution in [1.29, 1.82) is 0 Å². The predicted octanol–water partition coefficient (Wildman–Crippen LogP) is 3.97. The molecule has 3 rings (SSSR count). The minimum Gasteiger partial charge on any atom is -0.479 e. The van der Waals surface area contributed by atoms with E-state index < -0.39 is 12.0 Å². The van der Waals surface area contributed by atoms with Crippen molar-refractivity contribution >= 4 is 46.4 Å². The molecule has 23 heavy (non-hydrogen) atoms. The summed E-state index contributed by atoms with van der Waals surface area (Å²) in [6, 6.07) is 9.63. The summed E-state index contributed by atoms with van der Waals surface area (Å²) in [4.78, 5) is 23.9. The van der Waals surface area contributed by atoms with E-state index in [4.69, 9.17) is 27.9 Å². The van der Waals surface area contributed by atoms with Crippen molar-refractivity contribution in [2.75, 3.05) is 10.6 Å². The number of nitrogens with one attached hydrogen (secondary N) is 2. The molecular formula is C16H12Cl2N2O3. The molecule has 0 spiro atoms. The molecule has 5 nitrogen and oxygen atoms in total. The Bertz CT molecular complexity index is 808. The minimum atomic E-state index is -0.548. The molecule has 2 aromatic carbocycles. The van der Waals surface area contributed by atoms with Crippen LogP contribution in [0.25, 0.3) is 0 Å². The number of rotatable bonds is 2. The second kappa shape index (κ2) is 6.10. The third kappa shape index (κ3) is 3.25. The molecule has 0 fully saturated rings. The maximum atomic E-state index is 12.3. The van der Waals surface area contributed by atoms with E-state index in [-0.39, 0.29) is 11.5 Å². The summed E-state index contributed by atoms with van der Waals surface area (Å²) < 4.78 is 5.46. The van der Waals surface area contributed by atoms with Gasteiger partial charge in [0.05, 0.1) is 16.3 Å². The first-order valence-corrected chi connectivity index (χ1v) is 7.57. The lowest BCUT2D eigenvalue weighted by Crippen LogP contribution is -2.34. The van der Waals surface area contributed by atoms with Crippen LogP contribution in [0.15, 0.2) is 36.4 Å². The molecule has 0 bridgehead atoms. The first-order chi connectivity index (χ1) is 10.9.